The van der Waals surface area contributed by atoms with Gasteiger partial charge in [-0.15, -0.1) is 11.3 Å². The van der Waals surface area contributed by atoms with Crippen LogP contribution in [0.25, 0.3) is 0 Å². The molecule has 0 radical (unpaired) electrons. The van der Waals surface area contributed by atoms with Crippen LogP contribution < -0.4 is 15.8 Å². The molecule has 1 aromatic carbocycles. The maximum absolute atomic E-state index is 11.0. The van der Waals surface area contributed by atoms with Gasteiger partial charge in [0.2, 0.25) is 5.91 Å². The highest BCUT2D eigenvalue weighted by molar-refractivity contribution is 7.10. The van der Waals surface area contributed by atoms with Crippen LogP contribution >= 0.6 is 11.3 Å². The first-order chi connectivity index (χ1) is 9.10. The molecule has 0 bridgehead atoms. The predicted molar refractivity (Wildman–Crippen MR) is 77.9 cm³/mol. The lowest BCUT2D eigenvalue weighted by Crippen LogP contribution is -2.09. The third kappa shape index (κ3) is 3.26. The fourth-order valence-corrected chi connectivity index (χ4v) is 2.59. The summed E-state index contributed by atoms with van der Waals surface area (Å²) >= 11 is 1.52. The highest BCUT2D eigenvalue weighted by Gasteiger charge is 2.05. The predicted octanol–water partition coefficient (Wildman–Crippen LogP) is 2.78. The zero-order chi connectivity index (χ0) is 13.8. The largest absolute Gasteiger partial charge is 0.496 e. The Morgan fingerprint density at radius 1 is 1.42 bits per heavy atom. The molecule has 0 saturated heterocycles. The summed E-state index contributed by atoms with van der Waals surface area (Å²) in [6.07, 6.45) is 0. The molecule has 3 N–H and O–H groups in total. The molecule has 0 saturated carbocycles. The number of methoxy groups -OCH3 is 1. The zero-order valence-electron chi connectivity index (χ0n) is 10.9. The minimum Gasteiger partial charge on any atom is -0.496 e. The number of amides is 1. The van der Waals surface area contributed by atoms with Crippen LogP contribution in [0.3, 0.4) is 0 Å². The summed E-state index contributed by atoms with van der Waals surface area (Å²) in [4.78, 5) is 12.1. The van der Waals surface area contributed by atoms with Crippen molar-refractivity contribution >= 4 is 22.9 Å². The second-order valence-corrected chi connectivity index (χ2v) is 5.20. The van der Waals surface area contributed by atoms with Gasteiger partial charge < -0.3 is 15.8 Å². The summed E-state index contributed by atoms with van der Waals surface area (Å²) in [5.41, 5.74) is 7.88. The van der Waals surface area contributed by atoms with Gasteiger partial charge in [-0.3, -0.25) is 4.79 Å². The Balaban J connectivity index is 2.01. The molecular formula is C14H16N2O2S. The van der Waals surface area contributed by atoms with E-state index in [0.717, 1.165) is 21.9 Å². The van der Waals surface area contributed by atoms with Gasteiger partial charge >= 0.3 is 0 Å². The molecule has 19 heavy (non-hydrogen) atoms. The molecule has 100 valence electrons. The summed E-state index contributed by atoms with van der Waals surface area (Å²) in [6, 6.07) is 7.74. The molecule has 4 nitrogen and oxygen atoms in total. The molecule has 1 aromatic heterocycles. The average Bonchev–Trinajstić information content (AvgIpc) is 2.85. The van der Waals surface area contributed by atoms with Crippen molar-refractivity contribution in [2.75, 3.05) is 12.4 Å². The fourth-order valence-electron chi connectivity index (χ4n) is 1.78. The van der Waals surface area contributed by atoms with Crippen molar-refractivity contribution in [3.8, 4) is 5.75 Å². The van der Waals surface area contributed by atoms with E-state index < -0.39 is 0 Å². The van der Waals surface area contributed by atoms with E-state index in [1.165, 1.54) is 11.3 Å². The number of carbonyl (C=O) groups excluding carboxylic acids is 1. The molecule has 5 heteroatoms. The lowest BCUT2D eigenvalue weighted by molar-refractivity contribution is 0.100. The highest BCUT2D eigenvalue weighted by atomic mass is 32.1. The van der Waals surface area contributed by atoms with Crippen LogP contribution in [0, 0.1) is 6.92 Å². The van der Waals surface area contributed by atoms with E-state index in [0.29, 0.717) is 12.1 Å². The number of hydrogen-bond donors (Lipinski definition) is 2. The van der Waals surface area contributed by atoms with E-state index in [4.69, 9.17) is 10.5 Å². The summed E-state index contributed by atoms with van der Waals surface area (Å²) in [5, 5.41) is 5.08. The SMILES string of the molecule is COc1ccc(NCc2cc(C(N)=O)cs2)cc1C. The first-order valence-electron chi connectivity index (χ1n) is 5.86. The molecule has 0 aliphatic heterocycles. The van der Waals surface area contributed by atoms with Gasteiger partial charge in [0.25, 0.3) is 0 Å². The second kappa shape index (κ2) is 5.75. The van der Waals surface area contributed by atoms with Crippen LogP contribution in [0.2, 0.25) is 0 Å². The number of carbonyl (C=O) groups is 1. The molecule has 1 heterocycles. The smallest absolute Gasteiger partial charge is 0.249 e. The van der Waals surface area contributed by atoms with Crippen LogP contribution in [0.15, 0.2) is 29.6 Å². The van der Waals surface area contributed by atoms with E-state index in [-0.39, 0.29) is 5.91 Å². The first kappa shape index (κ1) is 13.4. The van der Waals surface area contributed by atoms with Crippen molar-refractivity contribution in [2.24, 2.45) is 5.73 Å². The van der Waals surface area contributed by atoms with Gasteiger partial charge in [-0.2, -0.15) is 0 Å². The average molecular weight is 276 g/mol. The molecule has 1 amide bonds. The number of benzene rings is 1. The Labute approximate surface area is 116 Å². The second-order valence-electron chi connectivity index (χ2n) is 4.20. The molecule has 0 unspecified atom stereocenters. The van der Waals surface area contributed by atoms with E-state index >= 15 is 0 Å². The van der Waals surface area contributed by atoms with Crippen LogP contribution in [0.4, 0.5) is 5.69 Å². The minimum atomic E-state index is -0.386. The number of hydrogen-bond acceptors (Lipinski definition) is 4. The third-order valence-electron chi connectivity index (χ3n) is 2.80. The Morgan fingerprint density at radius 2 is 2.21 bits per heavy atom. The molecule has 2 rings (SSSR count). The molecule has 0 fully saturated rings. The number of aryl methyl sites for hydroxylation is 1. The zero-order valence-corrected chi connectivity index (χ0v) is 11.7. The van der Waals surface area contributed by atoms with E-state index in [1.807, 2.05) is 31.2 Å². The van der Waals surface area contributed by atoms with Gasteiger partial charge in [-0.05, 0) is 36.8 Å². The molecule has 0 atom stereocenters. The molecule has 0 spiro atoms. The summed E-state index contributed by atoms with van der Waals surface area (Å²) in [7, 11) is 1.66. The molecule has 0 aliphatic rings. The van der Waals surface area contributed by atoms with Crippen molar-refractivity contribution < 1.29 is 9.53 Å². The van der Waals surface area contributed by atoms with Gasteiger partial charge in [0.15, 0.2) is 0 Å². The topological polar surface area (TPSA) is 64.3 Å². The maximum atomic E-state index is 11.0. The lowest BCUT2D eigenvalue weighted by atomic mass is 10.2. The highest BCUT2D eigenvalue weighted by Crippen LogP contribution is 2.22. The summed E-state index contributed by atoms with van der Waals surface area (Å²) in [6.45, 7) is 2.67. The number of ether oxygens (including phenoxy) is 1. The number of nitrogens with one attached hydrogen (secondary N) is 1. The molecular weight excluding hydrogens is 260 g/mol. The number of anilines is 1. The normalized spacial score (nSPS) is 10.2. The fraction of sp³-hybridized carbons (Fsp3) is 0.214. The quantitative estimate of drug-likeness (QED) is 0.882. The van der Waals surface area contributed by atoms with Crippen molar-refractivity contribution in [3.05, 3.63) is 45.6 Å². The van der Waals surface area contributed by atoms with Gasteiger partial charge in [-0.1, -0.05) is 0 Å². The number of thiophene rings is 1. The Bertz CT molecular complexity index is 593. The monoisotopic (exact) mass is 276 g/mol. The van der Waals surface area contributed by atoms with E-state index in [1.54, 1.807) is 12.5 Å². The van der Waals surface area contributed by atoms with Crippen LogP contribution in [-0.2, 0) is 6.54 Å². The lowest BCUT2D eigenvalue weighted by Gasteiger charge is -2.09. The van der Waals surface area contributed by atoms with E-state index in [2.05, 4.69) is 5.32 Å². The van der Waals surface area contributed by atoms with Crippen LogP contribution in [-0.4, -0.2) is 13.0 Å². The summed E-state index contributed by atoms with van der Waals surface area (Å²) in [5.74, 6) is 0.487. The van der Waals surface area contributed by atoms with E-state index in [9.17, 15) is 4.79 Å². The van der Waals surface area contributed by atoms with Gasteiger partial charge in [0, 0.05) is 22.5 Å². The van der Waals surface area contributed by atoms with Gasteiger partial charge in [0.1, 0.15) is 5.75 Å². The Kier molecular flexibility index (Phi) is 4.06. The van der Waals surface area contributed by atoms with Crippen molar-refractivity contribution in [3.63, 3.8) is 0 Å². The van der Waals surface area contributed by atoms with Crippen LogP contribution in [0.1, 0.15) is 20.8 Å². The number of rotatable bonds is 5. The maximum Gasteiger partial charge on any atom is 0.249 e. The summed E-state index contributed by atoms with van der Waals surface area (Å²) < 4.78 is 5.22. The van der Waals surface area contributed by atoms with Crippen molar-refractivity contribution in [1.29, 1.82) is 0 Å². The van der Waals surface area contributed by atoms with Gasteiger partial charge in [0.05, 0.1) is 12.7 Å². The minimum absolute atomic E-state index is 0.386. The van der Waals surface area contributed by atoms with Gasteiger partial charge in [-0.25, -0.2) is 0 Å². The number of nitrogens with two attached hydrogens (primary N) is 1. The first-order valence-corrected chi connectivity index (χ1v) is 6.74. The Morgan fingerprint density at radius 3 is 2.79 bits per heavy atom. The third-order valence-corrected chi connectivity index (χ3v) is 3.74. The molecule has 0 aliphatic carbocycles. The molecule has 2 aromatic rings. The van der Waals surface area contributed by atoms with Crippen molar-refractivity contribution in [1.82, 2.24) is 0 Å². The standard InChI is InChI=1S/C14H16N2O2S/c1-9-5-11(3-4-13(9)18-2)16-7-12-6-10(8-19-12)14(15)17/h3-6,8,16H,7H2,1-2H3,(H2,15,17). The number of primary amides is 1. The van der Waals surface area contributed by atoms with Crippen LogP contribution in [0.5, 0.6) is 5.75 Å². The Hall–Kier alpha value is -2.01. The van der Waals surface area contributed by atoms with Crippen molar-refractivity contribution in [2.45, 2.75) is 13.5 Å².